The fourth-order valence-corrected chi connectivity index (χ4v) is 2.82. The molecule has 1 fully saturated rings. The minimum absolute atomic E-state index is 0.0387. The Morgan fingerprint density at radius 2 is 1.90 bits per heavy atom. The lowest BCUT2D eigenvalue weighted by Crippen LogP contribution is -2.45. The zero-order valence-corrected chi connectivity index (χ0v) is 11.7. The molecule has 1 heterocycles. The Morgan fingerprint density at radius 1 is 1.25 bits per heavy atom. The van der Waals surface area contributed by atoms with Gasteiger partial charge in [-0.05, 0) is 32.3 Å². The van der Waals surface area contributed by atoms with E-state index in [1.54, 1.807) is 13.8 Å². The van der Waals surface area contributed by atoms with Crippen LogP contribution in [0.25, 0.3) is 0 Å². The van der Waals surface area contributed by atoms with Crippen molar-refractivity contribution in [1.82, 2.24) is 10.3 Å². The third-order valence-corrected chi connectivity index (χ3v) is 3.92. The summed E-state index contributed by atoms with van der Waals surface area (Å²) in [4.78, 5) is 26.1. The maximum atomic E-state index is 12.3. The van der Waals surface area contributed by atoms with Gasteiger partial charge in [0.25, 0.3) is 5.91 Å². The Bertz CT molecular complexity index is 536. The summed E-state index contributed by atoms with van der Waals surface area (Å²) in [7, 11) is 0. The molecule has 1 aromatic rings. The van der Waals surface area contributed by atoms with Crippen molar-refractivity contribution in [2.45, 2.75) is 51.7 Å². The molecule has 0 saturated heterocycles. The van der Waals surface area contributed by atoms with Crippen LogP contribution in [0.4, 0.5) is 0 Å². The molecule has 20 heavy (non-hydrogen) atoms. The summed E-state index contributed by atoms with van der Waals surface area (Å²) in [6, 6.07) is -0.252. The second kappa shape index (κ2) is 5.66. The minimum atomic E-state index is -1.08. The third-order valence-electron chi connectivity index (χ3n) is 3.92. The van der Waals surface area contributed by atoms with E-state index in [4.69, 9.17) is 5.11 Å². The highest BCUT2D eigenvalue weighted by Crippen LogP contribution is 2.21. The number of aliphatic hydroxyl groups is 1. The fourth-order valence-electron chi connectivity index (χ4n) is 2.82. The van der Waals surface area contributed by atoms with Crippen LogP contribution in [0, 0.1) is 13.8 Å². The summed E-state index contributed by atoms with van der Waals surface area (Å²) >= 11 is 0. The number of aryl methyl sites for hydroxylation is 1. The molecule has 6 heteroatoms. The van der Waals surface area contributed by atoms with E-state index in [1.165, 1.54) is 0 Å². The number of aromatic carboxylic acids is 1. The van der Waals surface area contributed by atoms with Crippen molar-refractivity contribution in [1.29, 1.82) is 0 Å². The fraction of sp³-hybridized carbons (Fsp3) is 0.571. The first-order valence-corrected chi connectivity index (χ1v) is 6.83. The average Bonchev–Trinajstić information content (AvgIpc) is 2.68. The highest BCUT2D eigenvalue weighted by molar-refractivity contribution is 6.00. The summed E-state index contributed by atoms with van der Waals surface area (Å²) in [6.45, 7) is 3.28. The Kier molecular flexibility index (Phi) is 4.13. The van der Waals surface area contributed by atoms with Crippen LogP contribution >= 0.6 is 0 Å². The molecule has 4 N–H and O–H groups in total. The lowest BCUT2D eigenvalue weighted by molar-refractivity contribution is 0.0690. The first-order valence-electron chi connectivity index (χ1n) is 6.83. The van der Waals surface area contributed by atoms with E-state index in [9.17, 15) is 14.7 Å². The summed E-state index contributed by atoms with van der Waals surface area (Å²) in [5, 5.41) is 21.7. The van der Waals surface area contributed by atoms with Gasteiger partial charge in [0, 0.05) is 5.69 Å². The predicted octanol–water partition coefficient (Wildman–Crippen LogP) is 1.36. The molecule has 1 aliphatic rings. The van der Waals surface area contributed by atoms with Gasteiger partial charge < -0.3 is 20.5 Å². The maximum absolute atomic E-state index is 12.3. The summed E-state index contributed by atoms with van der Waals surface area (Å²) in [5.74, 6) is -1.41. The van der Waals surface area contributed by atoms with Crippen LogP contribution in [0.2, 0.25) is 0 Å². The number of carbonyl (C=O) groups is 2. The van der Waals surface area contributed by atoms with Crippen LogP contribution in [0.5, 0.6) is 0 Å². The molecule has 1 aliphatic carbocycles. The van der Waals surface area contributed by atoms with Crippen molar-refractivity contribution in [2.24, 2.45) is 0 Å². The Hall–Kier alpha value is -1.82. The van der Waals surface area contributed by atoms with Gasteiger partial charge in [0.1, 0.15) is 5.69 Å². The largest absolute Gasteiger partial charge is 0.477 e. The Labute approximate surface area is 117 Å². The SMILES string of the molecule is Cc1[nH]c(C(=O)O)c(C)c1C(=O)NC1CCCCC1O. The Morgan fingerprint density at radius 3 is 2.45 bits per heavy atom. The molecule has 1 amide bonds. The van der Waals surface area contributed by atoms with E-state index in [0.29, 0.717) is 23.2 Å². The lowest BCUT2D eigenvalue weighted by atomic mass is 9.92. The number of hydrogen-bond acceptors (Lipinski definition) is 3. The summed E-state index contributed by atoms with van der Waals surface area (Å²) in [6.07, 6.45) is 2.87. The van der Waals surface area contributed by atoms with Crippen LogP contribution in [0.3, 0.4) is 0 Å². The van der Waals surface area contributed by atoms with Gasteiger partial charge in [0.2, 0.25) is 0 Å². The second-order valence-corrected chi connectivity index (χ2v) is 5.36. The number of carboxylic acid groups (broad SMARTS) is 1. The van der Waals surface area contributed by atoms with E-state index in [2.05, 4.69) is 10.3 Å². The minimum Gasteiger partial charge on any atom is -0.477 e. The molecule has 2 atom stereocenters. The van der Waals surface area contributed by atoms with Gasteiger partial charge in [0.15, 0.2) is 0 Å². The topological polar surface area (TPSA) is 102 Å². The number of H-pyrrole nitrogens is 1. The van der Waals surface area contributed by atoms with Gasteiger partial charge in [-0.25, -0.2) is 4.79 Å². The van der Waals surface area contributed by atoms with Crippen molar-refractivity contribution >= 4 is 11.9 Å². The zero-order chi connectivity index (χ0) is 14.9. The van der Waals surface area contributed by atoms with E-state index < -0.39 is 12.1 Å². The summed E-state index contributed by atoms with van der Waals surface area (Å²) < 4.78 is 0. The van der Waals surface area contributed by atoms with Gasteiger partial charge in [-0.2, -0.15) is 0 Å². The number of aromatic amines is 1. The van der Waals surface area contributed by atoms with Crippen molar-refractivity contribution in [3.05, 3.63) is 22.5 Å². The van der Waals surface area contributed by atoms with Gasteiger partial charge in [-0.3, -0.25) is 4.79 Å². The molecule has 1 aromatic heterocycles. The lowest BCUT2D eigenvalue weighted by Gasteiger charge is -2.28. The maximum Gasteiger partial charge on any atom is 0.352 e. The van der Waals surface area contributed by atoms with Crippen LogP contribution in [0.1, 0.15) is 57.8 Å². The van der Waals surface area contributed by atoms with Crippen LogP contribution in [-0.4, -0.2) is 39.2 Å². The first-order chi connectivity index (χ1) is 9.41. The number of rotatable bonds is 3. The first kappa shape index (κ1) is 14.6. The Balaban J connectivity index is 2.19. The normalized spacial score (nSPS) is 22.6. The van der Waals surface area contributed by atoms with E-state index in [0.717, 1.165) is 19.3 Å². The highest BCUT2D eigenvalue weighted by Gasteiger charge is 2.27. The molecule has 2 rings (SSSR count). The second-order valence-electron chi connectivity index (χ2n) is 5.36. The number of nitrogens with one attached hydrogen (secondary N) is 2. The molecule has 0 spiro atoms. The molecular weight excluding hydrogens is 260 g/mol. The third kappa shape index (κ3) is 2.70. The van der Waals surface area contributed by atoms with Crippen LogP contribution in [-0.2, 0) is 0 Å². The number of aromatic nitrogens is 1. The molecule has 110 valence electrons. The van der Waals surface area contributed by atoms with Crippen molar-refractivity contribution in [3.8, 4) is 0 Å². The monoisotopic (exact) mass is 280 g/mol. The highest BCUT2D eigenvalue weighted by atomic mass is 16.4. The van der Waals surface area contributed by atoms with Crippen LogP contribution < -0.4 is 5.32 Å². The molecule has 0 aromatic carbocycles. The number of hydrogen-bond donors (Lipinski definition) is 4. The van der Waals surface area contributed by atoms with Crippen molar-refractivity contribution in [3.63, 3.8) is 0 Å². The smallest absolute Gasteiger partial charge is 0.352 e. The van der Waals surface area contributed by atoms with Gasteiger partial charge in [-0.15, -0.1) is 0 Å². The summed E-state index contributed by atoms with van der Waals surface area (Å²) in [5.41, 5.74) is 1.36. The standard InChI is InChI=1S/C14H20N2O4/c1-7-11(8(2)15-12(7)14(19)20)13(18)16-9-5-3-4-6-10(9)17/h9-10,15,17H,3-6H2,1-2H3,(H,16,18)(H,19,20). The number of amides is 1. The molecule has 1 saturated carbocycles. The zero-order valence-electron chi connectivity index (χ0n) is 11.7. The number of aliphatic hydroxyl groups excluding tert-OH is 1. The average molecular weight is 280 g/mol. The molecule has 6 nitrogen and oxygen atoms in total. The van der Waals surface area contributed by atoms with Gasteiger partial charge in [-0.1, -0.05) is 12.8 Å². The van der Waals surface area contributed by atoms with Crippen molar-refractivity contribution < 1.29 is 19.8 Å². The number of carboxylic acids is 1. The molecule has 0 aliphatic heterocycles. The van der Waals surface area contributed by atoms with Crippen LogP contribution in [0.15, 0.2) is 0 Å². The molecule has 0 radical (unpaired) electrons. The quantitative estimate of drug-likeness (QED) is 0.671. The van der Waals surface area contributed by atoms with Gasteiger partial charge >= 0.3 is 5.97 Å². The van der Waals surface area contributed by atoms with E-state index in [1.807, 2.05) is 0 Å². The van der Waals surface area contributed by atoms with Crippen molar-refractivity contribution in [2.75, 3.05) is 0 Å². The molecule has 0 bridgehead atoms. The predicted molar refractivity (Wildman–Crippen MR) is 73.0 cm³/mol. The molecular formula is C14H20N2O4. The molecule has 2 unspecified atom stereocenters. The van der Waals surface area contributed by atoms with E-state index >= 15 is 0 Å². The number of carbonyl (C=O) groups excluding carboxylic acids is 1. The van der Waals surface area contributed by atoms with E-state index in [-0.39, 0.29) is 17.6 Å². The van der Waals surface area contributed by atoms with Gasteiger partial charge in [0.05, 0.1) is 17.7 Å².